The van der Waals surface area contributed by atoms with Crippen LogP contribution in [-0.4, -0.2) is 16.5 Å². The highest BCUT2D eigenvalue weighted by Gasteiger charge is 2.12. The van der Waals surface area contributed by atoms with Crippen LogP contribution >= 0.6 is 39.1 Å². The molecule has 2 rings (SSSR count). The van der Waals surface area contributed by atoms with Gasteiger partial charge in [0.25, 0.3) is 0 Å². The molecule has 0 bridgehead atoms. The Morgan fingerprint density at radius 3 is 2.57 bits per heavy atom. The quantitative estimate of drug-likeness (QED) is 0.670. The topological polar surface area (TPSA) is 49.8 Å². The maximum atomic E-state index is 6.24. The van der Waals surface area contributed by atoms with E-state index in [-0.39, 0.29) is 0 Å². The second-order valence-electron chi connectivity index (χ2n) is 4.47. The summed E-state index contributed by atoms with van der Waals surface area (Å²) in [7, 11) is 0. The van der Waals surface area contributed by atoms with Crippen LogP contribution in [0.5, 0.6) is 0 Å². The Morgan fingerprint density at radius 1 is 1.14 bits per heavy atom. The molecule has 112 valence electrons. The third-order valence-electron chi connectivity index (χ3n) is 2.91. The number of nitrogens with zero attached hydrogens (tertiary/aromatic N) is 2. The highest BCUT2D eigenvalue weighted by Crippen LogP contribution is 2.37. The molecule has 1 heterocycles. The molecular weight excluding hydrogens is 375 g/mol. The molecular formula is C14H15BrCl2N4. The van der Waals surface area contributed by atoms with Crippen molar-refractivity contribution in [2.45, 2.75) is 20.3 Å². The zero-order chi connectivity index (χ0) is 15.4. The number of hydrogen-bond donors (Lipinski definition) is 2. The molecule has 0 spiro atoms. The number of anilines is 3. The molecule has 0 atom stereocenters. The maximum absolute atomic E-state index is 6.24. The van der Waals surface area contributed by atoms with Gasteiger partial charge in [0.1, 0.15) is 18.0 Å². The largest absolute Gasteiger partial charge is 0.370 e. The molecule has 2 N–H and O–H groups in total. The minimum Gasteiger partial charge on any atom is -0.370 e. The lowest BCUT2D eigenvalue weighted by Gasteiger charge is -2.14. The minimum absolute atomic E-state index is 0.451. The maximum Gasteiger partial charge on any atom is 0.138 e. The number of nitrogens with one attached hydrogen (secondary N) is 2. The summed E-state index contributed by atoms with van der Waals surface area (Å²) in [5.41, 5.74) is 1.63. The van der Waals surface area contributed by atoms with Crippen LogP contribution in [0.15, 0.2) is 22.9 Å². The van der Waals surface area contributed by atoms with Crippen molar-refractivity contribution in [2.24, 2.45) is 0 Å². The summed E-state index contributed by atoms with van der Waals surface area (Å²) in [5.74, 6) is 1.51. The lowest BCUT2D eigenvalue weighted by atomic mass is 10.2. The van der Waals surface area contributed by atoms with Crippen LogP contribution in [0.1, 0.15) is 18.9 Å². The van der Waals surface area contributed by atoms with Crippen LogP contribution in [0.2, 0.25) is 10.0 Å². The van der Waals surface area contributed by atoms with E-state index < -0.39 is 0 Å². The number of benzene rings is 1. The fraction of sp³-hybridized carbons (Fsp3) is 0.286. The molecule has 7 heteroatoms. The average Bonchev–Trinajstić information content (AvgIpc) is 2.48. The molecule has 1 aromatic carbocycles. The van der Waals surface area contributed by atoms with Gasteiger partial charge in [-0.1, -0.05) is 30.1 Å². The van der Waals surface area contributed by atoms with Crippen LogP contribution in [-0.2, 0) is 0 Å². The SMILES string of the molecule is CCCNc1ncnc(Nc2ccc(Br)c(Cl)c2Cl)c1C. The Labute approximate surface area is 142 Å². The van der Waals surface area contributed by atoms with Crippen molar-refractivity contribution in [1.82, 2.24) is 9.97 Å². The second-order valence-corrected chi connectivity index (χ2v) is 6.08. The summed E-state index contributed by atoms with van der Waals surface area (Å²) in [6.07, 6.45) is 2.54. The summed E-state index contributed by atoms with van der Waals surface area (Å²) in [6.45, 7) is 4.92. The fourth-order valence-electron chi connectivity index (χ4n) is 1.75. The monoisotopic (exact) mass is 388 g/mol. The molecule has 2 aromatic rings. The highest BCUT2D eigenvalue weighted by atomic mass is 79.9. The Kier molecular flexibility index (Phi) is 5.67. The molecule has 0 saturated heterocycles. The van der Waals surface area contributed by atoms with E-state index in [1.807, 2.05) is 19.1 Å². The first-order valence-electron chi connectivity index (χ1n) is 6.50. The zero-order valence-electron chi connectivity index (χ0n) is 11.7. The van der Waals surface area contributed by atoms with Gasteiger partial charge in [0.2, 0.25) is 0 Å². The van der Waals surface area contributed by atoms with Gasteiger partial charge in [-0.3, -0.25) is 0 Å². The minimum atomic E-state index is 0.451. The number of rotatable bonds is 5. The van der Waals surface area contributed by atoms with Crippen molar-refractivity contribution in [3.8, 4) is 0 Å². The number of aromatic nitrogens is 2. The van der Waals surface area contributed by atoms with Crippen LogP contribution in [0, 0.1) is 6.92 Å². The fourth-order valence-corrected chi connectivity index (χ4v) is 2.57. The first-order valence-corrected chi connectivity index (χ1v) is 8.05. The Bertz CT molecular complexity index is 649. The van der Waals surface area contributed by atoms with Gasteiger partial charge in [0, 0.05) is 16.6 Å². The van der Waals surface area contributed by atoms with Crippen molar-refractivity contribution in [3.63, 3.8) is 0 Å². The van der Waals surface area contributed by atoms with Gasteiger partial charge in [-0.2, -0.15) is 0 Å². The Balaban J connectivity index is 2.30. The predicted molar refractivity (Wildman–Crippen MR) is 93.0 cm³/mol. The molecule has 0 aliphatic carbocycles. The molecule has 0 saturated carbocycles. The summed E-state index contributed by atoms with van der Waals surface area (Å²) < 4.78 is 0.754. The first kappa shape index (κ1) is 16.3. The van der Waals surface area contributed by atoms with E-state index in [1.165, 1.54) is 6.33 Å². The highest BCUT2D eigenvalue weighted by molar-refractivity contribution is 9.10. The van der Waals surface area contributed by atoms with Crippen molar-refractivity contribution >= 4 is 56.5 Å². The predicted octanol–water partition coefficient (Wildman–Crippen LogP) is 5.42. The Morgan fingerprint density at radius 2 is 1.86 bits per heavy atom. The molecule has 0 fully saturated rings. The summed E-state index contributed by atoms with van der Waals surface area (Å²) in [4.78, 5) is 8.50. The number of hydrogen-bond acceptors (Lipinski definition) is 4. The van der Waals surface area contributed by atoms with Gasteiger partial charge in [-0.15, -0.1) is 0 Å². The lowest BCUT2D eigenvalue weighted by molar-refractivity contribution is 0.960. The van der Waals surface area contributed by atoms with Crippen LogP contribution in [0.4, 0.5) is 17.3 Å². The van der Waals surface area contributed by atoms with Gasteiger partial charge in [0.15, 0.2) is 0 Å². The van der Waals surface area contributed by atoms with E-state index in [4.69, 9.17) is 23.2 Å². The van der Waals surface area contributed by atoms with Gasteiger partial charge in [-0.05, 0) is 41.4 Å². The summed E-state index contributed by atoms with van der Waals surface area (Å²) in [6, 6.07) is 3.68. The van der Waals surface area contributed by atoms with E-state index in [0.29, 0.717) is 21.6 Å². The molecule has 0 aliphatic heterocycles. The number of halogens is 3. The molecule has 0 unspecified atom stereocenters. The molecule has 1 aromatic heterocycles. The molecule has 0 amide bonds. The smallest absolute Gasteiger partial charge is 0.138 e. The first-order chi connectivity index (χ1) is 10.0. The normalized spacial score (nSPS) is 10.5. The van der Waals surface area contributed by atoms with Crippen LogP contribution in [0.25, 0.3) is 0 Å². The molecule has 0 aliphatic rings. The van der Waals surface area contributed by atoms with E-state index in [1.54, 1.807) is 0 Å². The van der Waals surface area contributed by atoms with Crippen molar-refractivity contribution in [2.75, 3.05) is 17.2 Å². The van der Waals surface area contributed by atoms with Gasteiger partial charge in [-0.25, -0.2) is 9.97 Å². The van der Waals surface area contributed by atoms with Gasteiger partial charge in [0.05, 0.1) is 15.7 Å². The average molecular weight is 390 g/mol. The standard InChI is InChI=1S/C14H15BrCl2N4/c1-3-6-18-13-8(2)14(20-7-19-13)21-10-5-4-9(15)11(16)12(10)17/h4-5,7H,3,6H2,1-2H3,(H2,18,19,20,21). The van der Waals surface area contributed by atoms with Gasteiger partial charge >= 0.3 is 0 Å². The third kappa shape index (κ3) is 3.78. The zero-order valence-corrected chi connectivity index (χ0v) is 14.8. The Hall–Kier alpha value is -1.04. The molecule has 21 heavy (non-hydrogen) atoms. The molecule has 4 nitrogen and oxygen atoms in total. The van der Waals surface area contributed by atoms with E-state index >= 15 is 0 Å². The second kappa shape index (κ2) is 7.29. The lowest BCUT2D eigenvalue weighted by Crippen LogP contribution is -2.07. The summed E-state index contributed by atoms with van der Waals surface area (Å²) >= 11 is 15.7. The van der Waals surface area contributed by atoms with Gasteiger partial charge < -0.3 is 10.6 Å². The van der Waals surface area contributed by atoms with E-state index in [2.05, 4.69) is 43.5 Å². The third-order valence-corrected chi connectivity index (χ3v) is 4.69. The van der Waals surface area contributed by atoms with Crippen LogP contribution in [0.3, 0.4) is 0 Å². The van der Waals surface area contributed by atoms with Crippen molar-refractivity contribution in [3.05, 3.63) is 38.5 Å². The van der Waals surface area contributed by atoms with Crippen LogP contribution < -0.4 is 10.6 Å². The summed E-state index contributed by atoms with van der Waals surface area (Å²) in [5, 5.41) is 7.38. The van der Waals surface area contributed by atoms with Crippen molar-refractivity contribution in [1.29, 1.82) is 0 Å². The van der Waals surface area contributed by atoms with Crippen molar-refractivity contribution < 1.29 is 0 Å². The van der Waals surface area contributed by atoms with E-state index in [0.717, 1.165) is 28.8 Å². The molecule has 0 radical (unpaired) electrons. The van der Waals surface area contributed by atoms with E-state index in [9.17, 15) is 0 Å².